The molecule has 1 aromatic rings. The van der Waals surface area contributed by atoms with E-state index < -0.39 is 0 Å². The third-order valence-electron chi connectivity index (χ3n) is 2.89. The second kappa shape index (κ2) is 7.28. The van der Waals surface area contributed by atoms with E-state index in [1.165, 1.54) is 11.8 Å². The molecule has 2 heterocycles. The highest BCUT2D eigenvalue weighted by atomic mass is 35.5. The van der Waals surface area contributed by atoms with Crippen molar-refractivity contribution in [3.05, 3.63) is 11.2 Å². The number of hydrogen-bond acceptors (Lipinski definition) is 6. The number of hydrogen-bond donors (Lipinski definition) is 1. The summed E-state index contributed by atoms with van der Waals surface area (Å²) in [5.74, 6) is 0.783. The summed E-state index contributed by atoms with van der Waals surface area (Å²) in [4.78, 5) is 10.9. The van der Waals surface area contributed by atoms with E-state index in [1.54, 1.807) is 6.07 Å². The molecule has 7 heteroatoms. The molecule has 106 valence electrons. The molecular formula is C12H19ClN4OS. The van der Waals surface area contributed by atoms with Crippen LogP contribution in [0.2, 0.25) is 5.15 Å². The highest BCUT2D eigenvalue weighted by Gasteiger charge is 2.14. The van der Waals surface area contributed by atoms with Gasteiger partial charge >= 0.3 is 0 Å². The van der Waals surface area contributed by atoms with Gasteiger partial charge in [-0.15, -0.1) is 0 Å². The van der Waals surface area contributed by atoms with Crippen LogP contribution in [0.15, 0.2) is 11.2 Å². The molecule has 0 bridgehead atoms. The van der Waals surface area contributed by atoms with Gasteiger partial charge in [-0.25, -0.2) is 9.97 Å². The molecule has 1 aliphatic heterocycles. The molecule has 0 saturated carbocycles. The Hall–Kier alpha value is -0.560. The summed E-state index contributed by atoms with van der Waals surface area (Å²) in [5, 5.41) is 4.53. The molecule has 19 heavy (non-hydrogen) atoms. The van der Waals surface area contributed by atoms with Crippen LogP contribution >= 0.6 is 23.4 Å². The fourth-order valence-electron chi connectivity index (χ4n) is 2.03. The van der Waals surface area contributed by atoms with Gasteiger partial charge in [-0.05, 0) is 13.2 Å². The minimum atomic E-state index is 0.304. The van der Waals surface area contributed by atoms with Crippen molar-refractivity contribution in [2.24, 2.45) is 0 Å². The van der Waals surface area contributed by atoms with Crippen LogP contribution in [0, 0.1) is 0 Å². The van der Waals surface area contributed by atoms with Crippen molar-refractivity contribution in [2.45, 2.75) is 18.1 Å². The van der Waals surface area contributed by atoms with E-state index in [2.05, 4.69) is 27.1 Å². The molecule has 0 radical (unpaired) electrons. The van der Waals surface area contributed by atoms with E-state index in [4.69, 9.17) is 16.3 Å². The molecule has 1 saturated heterocycles. The van der Waals surface area contributed by atoms with Crippen LogP contribution in [0.5, 0.6) is 0 Å². The number of ether oxygens (including phenoxy) is 1. The molecule has 5 nitrogen and oxygen atoms in total. The Morgan fingerprint density at radius 3 is 2.89 bits per heavy atom. The van der Waals surface area contributed by atoms with Crippen LogP contribution < -0.4 is 5.32 Å². The lowest BCUT2D eigenvalue weighted by Crippen LogP contribution is -2.42. The van der Waals surface area contributed by atoms with Gasteiger partial charge in [0.25, 0.3) is 0 Å². The zero-order valence-corrected chi connectivity index (χ0v) is 12.8. The molecule has 2 rings (SSSR count). The minimum absolute atomic E-state index is 0.304. The first kappa shape index (κ1) is 14.8. The quantitative estimate of drug-likeness (QED) is 0.510. The molecular weight excluding hydrogens is 284 g/mol. The number of anilines is 1. The van der Waals surface area contributed by atoms with Crippen molar-refractivity contribution in [2.75, 3.05) is 44.4 Å². The van der Waals surface area contributed by atoms with E-state index >= 15 is 0 Å². The summed E-state index contributed by atoms with van der Waals surface area (Å²) in [6.45, 7) is 6.74. The fourth-order valence-corrected chi connectivity index (χ4v) is 2.64. The van der Waals surface area contributed by atoms with Crippen molar-refractivity contribution < 1.29 is 4.74 Å². The molecule has 1 unspecified atom stereocenters. The molecule has 0 aliphatic carbocycles. The maximum Gasteiger partial charge on any atom is 0.190 e. The predicted octanol–water partition coefficient (Wildman–Crippen LogP) is 1.98. The number of nitrogens with zero attached hydrogens (tertiary/aromatic N) is 3. The summed E-state index contributed by atoms with van der Waals surface area (Å²) in [6.07, 6.45) is 1.94. The highest BCUT2D eigenvalue weighted by Crippen LogP contribution is 2.17. The molecule has 0 spiro atoms. The summed E-state index contributed by atoms with van der Waals surface area (Å²) >= 11 is 7.46. The van der Waals surface area contributed by atoms with E-state index in [0.717, 1.165) is 38.7 Å². The largest absolute Gasteiger partial charge is 0.379 e. The monoisotopic (exact) mass is 302 g/mol. The Balaban J connectivity index is 1.90. The average Bonchev–Trinajstić information content (AvgIpc) is 2.38. The van der Waals surface area contributed by atoms with Gasteiger partial charge in [-0.3, -0.25) is 4.90 Å². The van der Waals surface area contributed by atoms with Gasteiger partial charge in [0.2, 0.25) is 0 Å². The Kier molecular flexibility index (Phi) is 5.69. The molecule has 1 aromatic heterocycles. The molecule has 0 aromatic carbocycles. The van der Waals surface area contributed by atoms with Crippen LogP contribution in [0.25, 0.3) is 0 Å². The normalized spacial score (nSPS) is 18.3. The first-order valence-corrected chi connectivity index (χ1v) is 7.93. The third-order valence-corrected chi connectivity index (χ3v) is 3.63. The van der Waals surface area contributed by atoms with Crippen molar-refractivity contribution in [3.8, 4) is 0 Å². The zero-order chi connectivity index (χ0) is 13.7. The van der Waals surface area contributed by atoms with Crippen molar-refractivity contribution in [1.29, 1.82) is 0 Å². The standard InChI is InChI=1S/C12H19ClN4OS/c1-9(8-17-3-5-18-6-4-17)14-11-7-10(13)15-12(16-11)19-2/h7,9H,3-6,8H2,1-2H3,(H,14,15,16). The summed E-state index contributed by atoms with van der Waals surface area (Å²) in [7, 11) is 0. The van der Waals surface area contributed by atoms with Gasteiger partial charge < -0.3 is 10.1 Å². The summed E-state index contributed by atoms with van der Waals surface area (Å²) < 4.78 is 5.34. The number of aromatic nitrogens is 2. The maximum absolute atomic E-state index is 5.97. The van der Waals surface area contributed by atoms with Crippen LogP contribution in [0.1, 0.15) is 6.92 Å². The van der Waals surface area contributed by atoms with Crippen LogP contribution in [-0.2, 0) is 4.74 Å². The lowest BCUT2D eigenvalue weighted by Gasteiger charge is -2.29. The van der Waals surface area contributed by atoms with Gasteiger partial charge in [0.15, 0.2) is 5.16 Å². The number of nitrogens with one attached hydrogen (secondary N) is 1. The Labute approximate surface area is 123 Å². The predicted molar refractivity (Wildman–Crippen MR) is 79.2 cm³/mol. The van der Waals surface area contributed by atoms with Crippen molar-refractivity contribution in [1.82, 2.24) is 14.9 Å². The summed E-state index contributed by atoms with van der Waals surface area (Å²) in [5.41, 5.74) is 0. The smallest absolute Gasteiger partial charge is 0.190 e. The first-order valence-electron chi connectivity index (χ1n) is 6.32. The number of thioether (sulfide) groups is 1. The second-order valence-electron chi connectivity index (χ2n) is 4.52. The maximum atomic E-state index is 5.97. The van der Waals surface area contributed by atoms with Gasteiger partial charge in [-0.1, -0.05) is 23.4 Å². The van der Waals surface area contributed by atoms with E-state index in [9.17, 15) is 0 Å². The van der Waals surface area contributed by atoms with Crippen molar-refractivity contribution >= 4 is 29.2 Å². The van der Waals surface area contributed by atoms with E-state index in [-0.39, 0.29) is 0 Å². The number of morpholine rings is 1. The fraction of sp³-hybridized carbons (Fsp3) is 0.667. The summed E-state index contributed by atoms with van der Waals surface area (Å²) in [6, 6.07) is 2.07. The van der Waals surface area contributed by atoms with Crippen molar-refractivity contribution in [3.63, 3.8) is 0 Å². The number of rotatable bonds is 5. The third kappa shape index (κ3) is 4.80. The molecule has 1 fully saturated rings. The molecule has 1 atom stereocenters. The Morgan fingerprint density at radius 2 is 2.21 bits per heavy atom. The minimum Gasteiger partial charge on any atom is -0.379 e. The SMILES string of the molecule is CSc1nc(Cl)cc(NC(C)CN2CCOCC2)n1. The van der Waals surface area contributed by atoms with E-state index in [1.807, 2.05) is 6.26 Å². The van der Waals surface area contributed by atoms with Crippen LogP contribution in [0.4, 0.5) is 5.82 Å². The molecule has 0 amide bonds. The lowest BCUT2D eigenvalue weighted by atomic mass is 10.3. The molecule has 1 N–H and O–H groups in total. The van der Waals surface area contributed by atoms with Crippen LogP contribution in [0.3, 0.4) is 0 Å². The number of halogens is 1. The van der Waals surface area contributed by atoms with Crippen LogP contribution in [-0.4, -0.2) is 60.0 Å². The molecule has 1 aliphatic rings. The second-order valence-corrected chi connectivity index (χ2v) is 5.68. The van der Waals surface area contributed by atoms with Gasteiger partial charge in [0.1, 0.15) is 11.0 Å². The topological polar surface area (TPSA) is 50.3 Å². The van der Waals surface area contributed by atoms with Gasteiger partial charge in [-0.2, -0.15) is 0 Å². The Bertz CT molecular complexity index is 415. The van der Waals surface area contributed by atoms with E-state index in [0.29, 0.717) is 16.4 Å². The average molecular weight is 303 g/mol. The highest BCUT2D eigenvalue weighted by molar-refractivity contribution is 7.98. The van der Waals surface area contributed by atoms with Gasteiger partial charge in [0, 0.05) is 31.7 Å². The zero-order valence-electron chi connectivity index (χ0n) is 11.2. The first-order chi connectivity index (χ1) is 9.17. The lowest BCUT2D eigenvalue weighted by molar-refractivity contribution is 0.0368. The van der Waals surface area contributed by atoms with Gasteiger partial charge in [0.05, 0.1) is 13.2 Å². The Morgan fingerprint density at radius 1 is 1.47 bits per heavy atom.